The highest BCUT2D eigenvalue weighted by Gasteiger charge is 2.23. The van der Waals surface area contributed by atoms with Gasteiger partial charge in [-0.1, -0.05) is 24.3 Å². The van der Waals surface area contributed by atoms with Gasteiger partial charge in [-0.2, -0.15) is 0 Å². The number of methoxy groups -OCH3 is 2. The van der Waals surface area contributed by atoms with Crippen LogP contribution in [0.3, 0.4) is 0 Å². The molecule has 0 saturated heterocycles. The average Bonchev–Trinajstić information content (AvgIpc) is 2.92. The number of carbonyl (C=O) groups is 2. The number of carbonyl (C=O) groups excluding carboxylic acids is 2. The second-order valence-corrected chi connectivity index (χ2v) is 8.39. The summed E-state index contributed by atoms with van der Waals surface area (Å²) in [6, 6.07) is 13.7. The summed E-state index contributed by atoms with van der Waals surface area (Å²) in [6.45, 7) is 0.554. The molecule has 2 amide bonds. The van der Waals surface area contributed by atoms with E-state index in [2.05, 4.69) is 16.7 Å². The lowest BCUT2D eigenvalue weighted by Crippen LogP contribution is -2.27. The topological polar surface area (TPSA) is 76.7 Å². The molecule has 7 heteroatoms. The number of hydrogen-bond donors (Lipinski definition) is 2. The molecule has 1 aliphatic heterocycles. The van der Waals surface area contributed by atoms with E-state index in [9.17, 15) is 9.59 Å². The highest BCUT2D eigenvalue weighted by atomic mass is 32.2. The Kier molecular flexibility index (Phi) is 8.02. The predicted molar refractivity (Wildman–Crippen MR) is 121 cm³/mol. The van der Waals surface area contributed by atoms with Gasteiger partial charge in [-0.3, -0.25) is 9.59 Å². The molecule has 6 nitrogen and oxygen atoms in total. The van der Waals surface area contributed by atoms with Gasteiger partial charge < -0.3 is 20.1 Å². The smallest absolute Gasteiger partial charge is 0.237 e. The van der Waals surface area contributed by atoms with Crippen molar-refractivity contribution >= 4 is 29.3 Å². The summed E-state index contributed by atoms with van der Waals surface area (Å²) in [5.74, 6) is 2.02. The van der Waals surface area contributed by atoms with E-state index >= 15 is 0 Å². The van der Waals surface area contributed by atoms with Crippen LogP contribution in [0.2, 0.25) is 0 Å². The lowest BCUT2D eigenvalue weighted by molar-refractivity contribution is -0.120. The maximum Gasteiger partial charge on any atom is 0.237 e. The normalized spacial score (nSPS) is 15.5. The van der Waals surface area contributed by atoms with Crippen molar-refractivity contribution < 1.29 is 19.1 Å². The molecule has 160 valence electrons. The van der Waals surface area contributed by atoms with Gasteiger partial charge in [-0.25, -0.2) is 0 Å². The van der Waals surface area contributed by atoms with Crippen molar-refractivity contribution in [3.8, 4) is 11.5 Å². The Balaban J connectivity index is 1.38. The van der Waals surface area contributed by atoms with Crippen molar-refractivity contribution in [3.63, 3.8) is 0 Å². The van der Waals surface area contributed by atoms with E-state index in [0.717, 1.165) is 24.1 Å². The number of anilines is 1. The first-order valence-corrected chi connectivity index (χ1v) is 11.1. The molecule has 1 aliphatic rings. The molecule has 30 heavy (non-hydrogen) atoms. The van der Waals surface area contributed by atoms with Gasteiger partial charge in [0, 0.05) is 24.4 Å². The highest BCUT2D eigenvalue weighted by Crippen LogP contribution is 2.28. The maximum atomic E-state index is 12.4. The lowest BCUT2D eigenvalue weighted by Gasteiger charge is -2.13. The van der Waals surface area contributed by atoms with Gasteiger partial charge in [-0.05, 0) is 48.6 Å². The second kappa shape index (κ2) is 10.9. The molecular weight excluding hydrogens is 400 g/mol. The first kappa shape index (κ1) is 22.0. The molecule has 0 radical (unpaired) electrons. The van der Waals surface area contributed by atoms with Crippen LogP contribution in [0.5, 0.6) is 11.5 Å². The first-order chi connectivity index (χ1) is 14.6. The van der Waals surface area contributed by atoms with Crippen LogP contribution >= 0.6 is 11.8 Å². The number of para-hydroxylation sites is 1. The molecule has 0 unspecified atom stereocenters. The Labute approximate surface area is 181 Å². The Morgan fingerprint density at radius 2 is 1.97 bits per heavy atom. The van der Waals surface area contributed by atoms with Gasteiger partial charge in [0.05, 0.1) is 19.5 Å². The Hall–Kier alpha value is -2.67. The number of hydrogen-bond acceptors (Lipinski definition) is 5. The highest BCUT2D eigenvalue weighted by molar-refractivity contribution is 8.00. The van der Waals surface area contributed by atoms with Crippen molar-refractivity contribution in [3.05, 3.63) is 53.6 Å². The summed E-state index contributed by atoms with van der Waals surface area (Å²) < 4.78 is 10.5. The van der Waals surface area contributed by atoms with E-state index in [1.165, 1.54) is 5.56 Å². The zero-order valence-electron chi connectivity index (χ0n) is 17.4. The maximum absolute atomic E-state index is 12.4. The van der Waals surface area contributed by atoms with Crippen LogP contribution in [0.15, 0.2) is 42.5 Å². The van der Waals surface area contributed by atoms with Gasteiger partial charge in [-0.15, -0.1) is 11.8 Å². The number of ether oxygens (including phenoxy) is 2. The van der Waals surface area contributed by atoms with Crippen molar-refractivity contribution in [2.24, 2.45) is 0 Å². The average molecular weight is 429 g/mol. The zero-order chi connectivity index (χ0) is 21.3. The Bertz CT molecular complexity index is 887. The van der Waals surface area contributed by atoms with E-state index in [1.54, 1.807) is 26.0 Å². The predicted octanol–water partition coefficient (Wildman–Crippen LogP) is 3.44. The largest absolute Gasteiger partial charge is 0.493 e. The number of amides is 2. The monoisotopic (exact) mass is 428 g/mol. The minimum Gasteiger partial charge on any atom is -0.493 e. The van der Waals surface area contributed by atoms with Crippen LogP contribution in [0, 0.1) is 0 Å². The molecule has 0 bridgehead atoms. The Morgan fingerprint density at radius 1 is 1.17 bits per heavy atom. The van der Waals surface area contributed by atoms with Gasteiger partial charge in [0.25, 0.3) is 0 Å². The van der Waals surface area contributed by atoms with Crippen LogP contribution < -0.4 is 20.1 Å². The van der Waals surface area contributed by atoms with Crippen LogP contribution in [0.4, 0.5) is 5.69 Å². The van der Waals surface area contributed by atoms with E-state index in [4.69, 9.17) is 9.47 Å². The number of benzene rings is 2. The van der Waals surface area contributed by atoms with E-state index in [-0.39, 0.29) is 17.1 Å². The molecule has 2 N–H and O–H groups in total. The second-order valence-electron chi connectivity index (χ2n) is 7.08. The van der Waals surface area contributed by atoms with Crippen LogP contribution in [0.25, 0.3) is 0 Å². The fourth-order valence-electron chi connectivity index (χ4n) is 3.41. The quantitative estimate of drug-likeness (QED) is 0.640. The third-order valence-corrected chi connectivity index (χ3v) is 6.37. The molecule has 0 fully saturated rings. The zero-order valence-corrected chi connectivity index (χ0v) is 18.2. The van der Waals surface area contributed by atoms with Gasteiger partial charge in [0.15, 0.2) is 11.5 Å². The van der Waals surface area contributed by atoms with Crippen LogP contribution in [0.1, 0.15) is 24.0 Å². The number of nitrogens with one attached hydrogen (secondary N) is 2. The molecule has 3 rings (SSSR count). The van der Waals surface area contributed by atoms with E-state index < -0.39 is 0 Å². The summed E-state index contributed by atoms with van der Waals surface area (Å²) in [6.07, 6.45) is 2.76. The number of rotatable bonds is 9. The minimum absolute atomic E-state index is 0.000271. The van der Waals surface area contributed by atoms with Crippen LogP contribution in [-0.2, 0) is 22.4 Å². The SMILES string of the molecule is COc1ccc(CCNC(=O)CCS[C@H]2CCc3ccccc3NC2=O)cc1OC. The molecule has 2 aromatic carbocycles. The standard InChI is InChI=1S/C23H28N2O4S/c1-28-19-9-7-16(15-20(19)29-2)11-13-24-22(26)12-14-30-21-10-8-17-5-3-4-6-18(17)25-23(21)27/h3-7,9,15,21H,8,10-14H2,1-2H3,(H,24,26)(H,25,27)/t21-/m0/s1. The van der Waals surface area contributed by atoms with Crippen molar-refractivity contribution in [1.29, 1.82) is 0 Å². The van der Waals surface area contributed by atoms with Gasteiger partial charge in [0.2, 0.25) is 11.8 Å². The molecule has 1 heterocycles. The minimum atomic E-state index is -0.128. The lowest BCUT2D eigenvalue weighted by atomic mass is 10.1. The third kappa shape index (κ3) is 5.92. The molecule has 1 atom stereocenters. The fourth-order valence-corrected chi connectivity index (χ4v) is 4.50. The van der Waals surface area contributed by atoms with Crippen molar-refractivity contribution in [1.82, 2.24) is 5.32 Å². The molecular formula is C23H28N2O4S. The number of aryl methyl sites for hydroxylation is 1. The molecule has 0 saturated carbocycles. The summed E-state index contributed by atoms with van der Waals surface area (Å²) >= 11 is 1.55. The molecule has 0 aromatic heterocycles. The van der Waals surface area contributed by atoms with Crippen molar-refractivity contribution in [2.75, 3.05) is 31.8 Å². The molecule has 2 aromatic rings. The van der Waals surface area contributed by atoms with Gasteiger partial charge in [0.1, 0.15) is 0 Å². The summed E-state index contributed by atoms with van der Waals surface area (Å²) in [5, 5.41) is 5.82. The number of thioether (sulfide) groups is 1. The Morgan fingerprint density at radius 3 is 2.77 bits per heavy atom. The summed E-state index contributed by atoms with van der Waals surface area (Å²) in [7, 11) is 3.21. The third-order valence-electron chi connectivity index (χ3n) is 5.08. The molecule has 0 spiro atoms. The summed E-state index contributed by atoms with van der Waals surface area (Å²) in [4.78, 5) is 24.6. The fraction of sp³-hybridized carbons (Fsp3) is 0.391. The van der Waals surface area contributed by atoms with E-state index in [0.29, 0.717) is 36.6 Å². The number of fused-ring (bicyclic) bond motifs is 1. The first-order valence-electron chi connectivity index (χ1n) is 10.1. The van der Waals surface area contributed by atoms with Gasteiger partial charge >= 0.3 is 0 Å². The van der Waals surface area contributed by atoms with E-state index in [1.807, 2.05) is 36.4 Å². The van der Waals surface area contributed by atoms with Crippen LogP contribution in [-0.4, -0.2) is 43.6 Å². The summed E-state index contributed by atoms with van der Waals surface area (Å²) in [5.41, 5.74) is 3.14. The van der Waals surface area contributed by atoms with Crippen molar-refractivity contribution in [2.45, 2.75) is 30.9 Å². The molecule has 0 aliphatic carbocycles.